The molecule has 2 amide bonds. The fourth-order valence-corrected chi connectivity index (χ4v) is 11.2. The molecule has 2 atom stereocenters. The molecule has 0 unspecified atom stereocenters. The summed E-state index contributed by atoms with van der Waals surface area (Å²) in [7, 11) is -4.06. The summed E-state index contributed by atoms with van der Waals surface area (Å²) in [4.78, 5) is 24.3. The molecule has 28 heteroatoms. The summed E-state index contributed by atoms with van der Waals surface area (Å²) in [6.45, 7) is 7.23. The molecule has 0 bridgehead atoms. The first kappa shape index (κ1) is 60.4. The molecule has 0 aromatic heterocycles. The van der Waals surface area contributed by atoms with Crippen molar-refractivity contribution in [3.8, 4) is 5.75 Å². The van der Waals surface area contributed by atoms with Crippen LogP contribution < -0.4 is 15.5 Å². The standard InChI is InChI=1S/C41H45F19N2O6Si/c1-22(2)69(23(3)4,19-16-34(44,45)35(46,47)36(48,49)37(50,51)38(52,53)39(54,55)40(56,57)41(58,59)60)67-18-17-66-28-13-10-26(11-14-28)32(25(6)9-7-8-24(5)20-31(63)62-65)68-33(64)61-30-15-12-27(42)21-29(30)43/h7-8,10-15,20-23,25,32,65H,9,16-19H2,1-6H3,(H,61,64)(H,62,63)/b8-7+,24-20+/t25-,32+/m1/s1. The molecule has 0 radical (unpaired) electrons. The molecule has 0 aliphatic carbocycles. The van der Waals surface area contributed by atoms with E-state index in [1.807, 2.05) is 0 Å². The quantitative estimate of drug-likeness (QED) is 0.0184. The van der Waals surface area contributed by atoms with E-state index >= 15 is 8.78 Å². The van der Waals surface area contributed by atoms with Crippen LogP contribution in [0.2, 0.25) is 17.1 Å². The minimum Gasteiger partial charge on any atom is -0.491 e. The summed E-state index contributed by atoms with van der Waals surface area (Å²) in [5.74, 6) is -60.4. The van der Waals surface area contributed by atoms with Crippen molar-refractivity contribution in [3.63, 3.8) is 0 Å². The Balaban J connectivity index is 2.33. The molecule has 2 rings (SSSR count). The number of hydroxylamine groups is 1. The van der Waals surface area contributed by atoms with E-state index in [1.54, 1.807) is 13.0 Å². The summed E-state index contributed by atoms with van der Waals surface area (Å²) >= 11 is 0. The lowest BCUT2D eigenvalue weighted by Gasteiger charge is -2.44. The molecule has 0 heterocycles. The number of carbonyl (C=O) groups is 2. The van der Waals surface area contributed by atoms with Crippen molar-refractivity contribution < 1.29 is 112 Å². The number of allylic oxidation sites excluding steroid dienone is 3. The third-order valence-electron chi connectivity index (χ3n) is 10.8. The van der Waals surface area contributed by atoms with Gasteiger partial charge in [0, 0.05) is 24.5 Å². The number of halogens is 19. The maximum atomic E-state index is 15.0. The van der Waals surface area contributed by atoms with Gasteiger partial charge in [0.1, 0.15) is 30.1 Å². The number of anilines is 1. The zero-order valence-corrected chi connectivity index (χ0v) is 37.8. The van der Waals surface area contributed by atoms with Crippen LogP contribution >= 0.6 is 0 Å². The van der Waals surface area contributed by atoms with Crippen molar-refractivity contribution in [2.45, 2.75) is 125 Å². The van der Waals surface area contributed by atoms with E-state index in [1.165, 1.54) is 70.4 Å². The van der Waals surface area contributed by atoms with Gasteiger partial charge in [-0.1, -0.05) is 58.9 Å². The van der Waals surface area contributed by atoms with Crippen LogP contribution in [0, 0.1) is 17.6 Å². The van der Waals surface area contributed by atoms with Gasteiger partial charge in [-0.25, -0.2) is 19.1 Å². The predicted molar refractivity (Wildman–Crippen MR) is 210 cm³/mol. The number of hydrogen-bond donors (Lipinski definition) is 3. The molecule has 0 aliphatic rings. The van der Waals surface area contributed by atoms with Crippen molar-refractivity contribution in [2.75, 3.05) is 18.5 Å². The number of amides is 2. The Morgan fingerprint density at radius 3 is 1.70 bits per heavy atom. The fraction of sp³-hybridized carbons (Fsp3) is 0.561. The predicted octanol–water partition coefficient (Wildman–Crippen LogP) is 13.8. The van der Waals surface area contributed by atoms with Crippen molar-refractivity contribution in [1.29, 1.82) is 0 Å². The summed E-state index contributed by atoms with van der Waals surface area (Å²) in [6.07, 6.45) is -8.42. The Hall–Kier alpha value is -4.73. The van der Waals surface area contributed by atoms with E-state index in [2.05, 4.69) is 5.32 Å². The largest absolute Gasteiger partial charge is 0.491 e. The molecule has 2 aromatic carbocycles. The maximum Gasteiger partial charge on any atom is 0.460 e. The molecule has 2 aromatic rings. The minimum absolute atomic E-state index is 0.0421. The number of alkyl halides is 17. The van der Waals surface area contributed by atoms with Crippen LogP contribution in [0.15, 0.2) is 66.3 Å². The van der Waals surface area contributed by atoms with Crippen LogP contribution in [0.25, 0.3) is 0 Å². The average Bonchev–Trinajstić information content (AvgIpc) is 3.22. The van der Waals surface area contributed by atoms with Gasteiger partial charge in [-0.05, 0) is 65.9 Å². The van der Waals surface area contributed by atoms with E-state index in [0.717, 1.165) is 18.2 Å². The second-order valence-corrected chi connectivity index (χ2v) is 21.2. The van der Waals surface area contributed by atoms with Crippen LogP contribution in [0.5, 0.6) is 5.75 Å². The highest BCUT2D eigenvalue weighted by atomic mass is 28.4. The topological polar surface area (TPSA) is 106 Å². The van der Waals surface area contributed by atoms with Gasteiger partial charge in [0.2, 0.25) is 0 Å². The van der Waals surface area contributed by atoms with Crippen LogP contribution in [0.3, 0.4) is 0 Å². The minimum atomic E-state index is -8.72. The molecule has 69 heavy (non-hydrogen) atoms. The number of ether oxygens (including phenoxy) is 2. The monoisotopic (exact) mass is 1050 g/mol. The lowest BCUT2D eigenvalue weighted by molar-refractivity contribution is -0.461. The maximum absolute atomic E-state index is 15.0. The van der Waals surface area contributed by atoms with Crippen LogP contribution in [-0.4, -0.2) is 86.4 Å². The van der Waals surface area contributed by atoms with Gasteiger partial charge < -0.3 is 13.9 Å². The lowest BCUT2D eigenvalue weighted by Crippen LogP contribution is -2.74. The number of nitrogens with one attached hydrogen (secondary N) is 2. The second kappa shape index (κ2) is 22.1. The fourth-order valence-electron chi connectivity index (χ4n) is 6.74. The summed E-state index contributed by atoms with van der Waals surface area (Å²) < 4.78 is 281. The normalized spacial score (nSPS) is 15.2. The molecule has 0 saturated heterocycles. The zero-order valence-electron chi connectivity index (χ0n) is 36.8. The number of hydrogen-bond acceptors (Lipinski definition) is 6. The van der Waals surface area contributed by atoms with Crippen molar-refractivity contribution in [1.82, 2.24) is 5.48 Å². The Morgan fingerprint density at radius 1 is 0.710 bits per heavy atom. The molecule has 392 valence electrons. The van der Waals surface area contributed by atoms with Gasteiger partial charge in [0.25, 0.3) is 5.91 Å². The number of benzene rings is 2. The summed E-state index contributed by atoms with van der Waals surface area (Å²) in [6, 6.07) is 6.36. The van der Waals surface area contributed by atoms with E-state index < -0.39 is 134 Å². The highest BCUT2D eigenvalue weighted by molar-refractivity contribution is 6.76. The first-order valence-corrected chi connectivity index (χ1v) is 22.3. The molecular weight excluding hydrogens is 1010 g/mol. The highest BCUT2D eigenvalue weighted by Gasteiger charge is 2.95. The first-order valence-electron chi connectivity index (χ1n) is 20.0. The van der Waals surface area contributed by atoms with Gasteiger partial charge >= 0.3 is 53.7 Å². The highest BCUT2D eigenvalue weighted by Crippen LogP contribution is 2.64. The Labute approximate surface area is 382 Å². The SMILES string of the molecule is CC(/C=C/C[C@@H](C)[C@H](OC(=O)Nc1ccc(F)cc1F)c1ccc(OCCO[Si](CCC(F)(F)C(F)(F)C(F)(F)C(F)(F)C(F)(F)C(F)(F)C(F)(F)C(F)(F)F)(C(C)C)C(C)C)cc1)=C\C(=O)NO. The van der Waals surface area contributed by atoms with Crippen molar-refractivity contribution >= 4 is 26.0 Å². The Morgan fingerprint density at radius 2 is 1.22 bits per heavy atom. The van der Waals surface area contributed by atoms with E-state index in [0.29, 0.717) is 17.2 Å². The molecule has 8 nitrogen and oxygen atoms in total. The van der Waals surface area contributed by atoms with Crippen molar-refractivity contribution in [2.24, 2.45) is 5.92 Å². The van der Waals surface area contributed by atoms with Gasteiger partial charge in [-0.15, -0.1) is 0 Å². The Kier molecular flexibility index (Phi) is 19.4. The number of carbonyl (C=O) groups excluding carboxylic acids is 2. The zero-order chi connectivity index (χ0) is 53.6. The Bertz CT molecular complexity index is 2110. The van der Waals surface area contributed by atoms with Gasteiger partial charge in [-0.2, -0.15) is 74.6 Å². The van der Waals surface area contributed by atoms with E-state index in [4.69, 9.17) is 19.1 Å². The van der Waals surface area contributed by atoms with Gasteiger partial charge in [0.05, 0.1) is 12.3 Å². The first-order chi connectivity index (χ1) is 31.2. The van der Waals surface area contributed by atoms with Crippen LogP contribution in [0.4, 0.5) is 93.9 Å². The van der Waals surface area contributed by atoms with Crippen molar-refractivity contribution in [3.05, 3.63) is 83.5 Å². The smallest absolute Gasteiger partial charge is 0.460 e. The number of rotatable bonds is 24. The third kappa shape index (κ3) is 12.8. The summed E-state index contributed by atoms with van der Waals surface area (Å²) in [5.41, 5.74) is -0.177. The van der Waals surface area contributed by atoms with Gasteiger partial charge in [0.15, 0.2) is 8.32 Å². The molecule has 3 N–H and O–H groups in total. The second-order valence-electron chi connectivity index (χ2n) is 16.2. The molecular formula is C41H45F19N2O6Si. The molecule has 0 spiro atoms. The summed E-state index contributed by atoms with van der Waals surface area (Å²) in [5, 5.41) is 10.9. The van der Waals surface area contributed by atoms with E-state index in [-0.39, 0.29) is 12.2 Å². The molecule has 0 aliphatic heterocycles. The molecule has 0 saturated carbocycles. The molecule has 0 fully saturated rings. The van der Waals surface area contributed by atoms with Crippen LogP contribution in [-0.2, 0) is 14.0 Å². The lowest BCUT2D eigenvalue weighted by atomic mass is 9.88. The third-order valence-corrected chi connectivity index (χ3v) is 16.5. The van der Waals surface area contributed by atoms with Crippen LogP contribution in [0.1, 0.15) is 66.1 Å². The van der Waals surface area contributed by atoms with E-state index in [9.17, 15) is 84.2 Å². The average molecular weight is 1050 g/mol. The van der Waals surface area contributed by atoms with Gasteiger partial charge in [-0.3, -0.25) is 15.3 Å².